The summed E-state index contributed by atoms with van der Waals surface area (Å²) < 4.78 is 5.08. The van der Waals surface area contributed by atoms with Crippen molar-refractivity contribution in [3.63, 3.8) is 0 Å². The third-order valence-electron chi connectivity index (χ3n) is 3.14. The quantitative estimate of drug-likeness (QED) is 0.747. The number of hydrogen-bond acceptors (Lipinski definition) is 5. The largest absolute Gasteiger partial charge is 0.339 e. The van der Waals surface area contributed by atoms with Crippen LogP contribution in [0.5, 0.6) is 0 Å². The van der Waals surface area contributed by atoms with Gasteiger partial charge < -0.3 is 9.84 Å². The Morgan fingerprint density at radius 1 is 1.17 bits per heavy atom. The van der Waals surface area contributed by atoms with Crippen molar-refractivity contribution in [2.45, 2.75) is 13.3 Å². The Labute approximate surface area is 143 Å². The summed E-state index contributed by atoms with van der Waals surface area (Å²) in [7, 11) is 0. The Hall–Kier alpha value is -2.93. The molecule has 2 heterocycles. The Morgan fingerprint density at radius 3 is 2.58 bits per heavy atom. The zero-order chi connectivity index (χ0) is 16.9. The maximum atomic E-state index is 11.9. The topological polar surface area (TPSA) is 92.9 Å². The summed E-state index contributed by atoms with van der Waals surface area (Å²) in [6.07, 6.45) is 2.15. The monoisotopic (exact) mass is 343 g/mol. The molecule has 0 atom stereocenters. The molecular weight excluding hydrogens is 330 g/mol. The SMILES string of the molecule is CCc1nc(-c2ccc(NC(=O)Nc3ccc(Cl)cn3)cc2)no1. The highest BCUT2D eigenvalue weighted by molar-refractivity contribution is 6.30. The van der Waals surface area contributed by atoms with E-state index in [0.29, 0.717) is 34.7 Å². The molecule has 3 aromatic rings. The summed E-state index contributed by atoms with van der Waals surface area (Å²) in [6.45, 7) is 1.94. The molecule has 0 aliphatic heterocycles. The van der Waals surface area contributed by atoms with Gasteiger partial charge in [-0.15, -0.1) is 0 Å². The molecule has 0 aliphatic rings. The van der Waals surface area contributed by atoms with Gasteiger partial charge in [0.25, 0.3) is 0 Å². The van der Waals surface area contributed by atoms with Crippen molar-refractivity contribution in [2.75, 3.05) is 10.6 Å². The van der Waals surface area contributed by atoms with Gasteiger partial charge in [-0.2, -0.15) is 4.98 Å². The van der Waals surface area contributed by atoms with Gasteiger partial charge in [-0.3, -0.25) is 5.32 Å². The van der Waals surface area contributed by atoms with E-state index in [9.17, 15) is 4.79 Å². The lowest BCUT2D eigenvalue weighted by atomic mass is 10.2. The summed E-state index contributed by atoms with van der Waals surface area (Å²) in [4.78, 5) is 20.2. The lowest BCUT2D eigenvalue weighted by Gasteiger charge is -2.07. The van der Waals surface area contributed by atoms with E-state index >= 15 is 0 Å². The third kappa shape index (κ3) is 3.88. The average molecular weight is 344 g/mol. The Kier molecular flexibility index (Phi) is 4.72. The summed E-state index contributed by atoms with van der Waals surface area (Å²) in [6, 6.07) is 9.99. The van der Waals surface area contributed by atoms with Crippen molar-refractivity contribution < 1.29 is 9.32 Å². The molecule has 122 valence electrons. The molecule has 0 fully saturated rings. The molecule has 0 bridgehead atoms. The third-order valence-corrected chi connectivity index (χ3v) is 3.36. The maximum Gasteiger partial charge on any atom is 0.324 e. The number of halogens is 1. The molecule has 0 spiro atoms. The fraction of sp³-hybridized carbons (Fsp3) is 0.125. The first-order valence-electron chi connectivity index (χ1n) is 7.26. The summed E-state index contributed by atoms with van der Waals surface area (Å²) in [5, 5.41) is 9.74. The molecule has 3 rings (SSSR count). The average Bonchev–Trinajstić information content (AvgIpc) is 3.07. The molecule has 24 heavy (non-hydrogen) atoms. The number of carbonyl (C=O) groups excluding carboxylic acids is 1. The van der Waals surface area contributed by atoms with Crippen LogP contribution in [0.3, 0.4) is 0 Å². The molecule has 2 amide bonds. The lowest BCUT2D eigenvalue weighted by molar-refractivity contribution is 0.262. The van der Waals surface area contributed by atoms with Gasteiger partial charge in [0.05, 0.1) is 5.02 Å². The molecule has 2 N–H and O–H groups in total. The molecular formula is C16H14ClN5O2. The number of nitrogens with one attached hydrogen (secondary N) is 2. The van der Waals surface area contributed by atoms with Crippen LogP contribution in [-0.4, -0.2) is 21.2 Å². The Balaban J connectivity index is 1.63. The maximum absolute atomic E-state index is 11.9. The van der Waals surface area contributed by atoms with E-state index in [0.717, 1.165) is 5.56 Å². The molecule has 0 unspecified atom stereocenters. The normalized spacial score (nSPS) is 10.4. The lowest BCUT2D eigenvalue weighted by Crippen LogP contribution is -2.19. The van der Waals surface area contributed by atoms with Crippen LogP contribution in [0.1, 0.15) is 12.8 Å². The van der Waals surface area contributed by atoms with Crippen molar-refractivity contribution in [2.24, 2.45) is 0 Å². The fourth-order valence-electron chi connectivity index (χ4n) is 1.95. The standard InChI is InChI=1S/C16H14ClN5O2/c1-2-14-21-15(22-24-14)10-3-6-12(7-4-10)19-16(23)20-13-8-5-11(17)9-18-13/h3-9H,2H2,1H3,(H2,18,19,20,23). The minimum Gasteiger partial charge on any atom is -0.339 e. The summed E-state index contributed by atoms with van der Waals surface area (Å²) in [5.74, 6) is 1.52. The van der Waals surface area contributed by atoms with Crippen LogP contribution in [0.4, 0.5) is 16.3 Å². The van der Waals surface area contributed by atoms with Crippen LogP contribution in [0, 0.1) is 0 Å². The molecule has 0 aliphatic carbocycles. The van der Waals surface area contributed by atoms with Crippen molar-refractivity contribution in [1.82, 2.24) is 15.1 Å². The number of aryl methyl sites for hydroxylation is 1. The van der Waals surface area contributed by atoms with Gasteiger partial charge in [-0.25, -0.2) is 9.78 Å². The van der Waals surface area contributed by atoms with Crippen LogP contribution in [0.2, 0.25) is 5.02 Å². The predicted molar refractivity (Wildman–Crippen MR) is 91.0 cm³/mol. The van der Waals surface area contributed by atoms with E-state index in [-0.39, 0.29) is 0 Å². The number of benzene rings is 1. The number of urea groups is 1. The highest BCUT2D eigenvalue weighted by atomic mass is 35.5. The first kappa shape index (κ1) is 15.9. The molecule has 7 nitrogen and oxygen atoms in total. The summed E-state index contributed by atoms with van der Waals surface area (Å²) in [5.41, 5.74) is 1.44. The number of carbonyl (C=O) groups is 1. The number of rotatable bonds is 4. The molecule has 0 saturated carbocycles. The molecule has 0 saturated heterocycles. The fourth-order valence-corrected chi connectivity index (χ4v) is 2.06. The minimum atomic E-state index is -0.398. The molecule has 8 heteroatoms. The number of nitrogens with zero attached hydrogens (tertiary/aromatic N) is 3. The number of pyridine rings is 1. The van der Waals surface area contributed by atoms with E-state index in [1.54, 1.807) is 36.4 Å². The van der Waals surface area contributed by atoms with Crippen LogP contribution < -0.4 is 10.6 Å². The van der Waals surface area contributed by atoms with E-state index in [2.05, 4.69) is 25.8 Å². The van der Waals surface area contributed by atoms with Gasteiger partial charge in [0.1, 0.15) is 5.82 Å². The van der Waals surface area contributed by atoms with Crippen molar-refractivity contribution >= 4 is 29.1 Å². The molecule has 0 radical (unpaired) electrons. The first-order chi connectivity index (χ1) is 11.6. The van der Waals surface area contributed by atoms with Gasteiger partial charge in [0.2, 0.25) is 11.7 Å². The zero-order valence-corrected chi connectivity index (χ0v) is 13.5. The van der Waals surface area contributed by atoms with Crippen LogP contribution in [0.25, 0.3) is 11.4 Å². The van der Waals surface area contributed by atoms with Crippen LogP contribution in [-0.2, 0) is 6.42 Å². The van der Waals surface area contributed by atoms with Gasteiger partial charge in [0, 0.05) is 23.9 Å². The van der Waals surface area contributed by atoms with Crippen molar-refractivity contribution in [3.05, 3.63) is 53.5 Å². The highest BCUT2D eigenvalue weighted by Crippen LogP contribution is 2.19. The minimum absolute atomic E-state index is 0.398. The smallest absolute Gasteiger partial charge is 0.324 e. The van der Waals surface area contributed by atoms with Gasteiger partial charge in [-0.1, -0.05) is 23.7 Å². The highest BCUT2D eigenvalue weighted by Gasteiger charge is 2.08. The first-order valence-corrected chi connectivity index (χ1v) is 7.64. The number of aromatic nitrogens is 3. The number of amides is 2. The predicted octanol–water partition coefficient (Wildman–Crippen LogP) is 3.99. The van der Waals surface area contributed by atoms with Gasteiger partial charge in [0.15, 0.2) is 0 Å². The van der Waals surface area contributed by atoms with E-state index in [1.165, 1.54) is 6.20 Å². The van der Waals surface area contributed by atoms with Gasteiger partial charge >= 0.3 is 6.03 Å². The Bertz CT molecular complexity index is 830. The second-order valence-electron chi connectivity index (χ2n) is 4.88. The van der Waals surface area contributed by atoms with Gasteiger partial charge in [-0.05, 0) is 36.4 Å². The van der Waals surface area contributed by atoms with Crippen molar-refractivity contribution in [3.8, 4) is 11.4 Å². The van der Waals surface area contributed by atoms with E-state index < -0.39 is 6.03 Å². The van der Waals surface area contributed by atoms with Crippen LogP contribution >= 0.6 is 11.6 Å². The molecule has 2 aromatic heterocycles. The molecule has 1 aromatic carbocycles. The van der Waals surface area contributed by atoms with Crippen molar-refractivity contribution in [1.29, 1.82) is 0 Å². The second-order valence-corrected chi connectivity index (χ2v) is 5.32. The van der Waals surface area contributed by atoms with Crippen LogP contribution in [0.15, 0.2) is 47.1 Å². The Morgan fingerprint density at radius 2 is 1.96 bits per heavy atom. The van der Waals surface area contributed by atoms with E-state index in [4.69, 9.17) is 16.1 Å². The van der Waals surface area contributed by atoms with E-state index in [1.807, 2.05) is 6.92 Å². The summed E-state index contributed by atoms with van der Waals surface area (Å²) >= 11 is 5.75. The zero-order valence-electron chi connectivity index (χ0n) is 12.8. The number of hydrogen-bond donors (Lipinski definition) is 2. The second kappa shape index (κ2) is 7.10. The number of anilines is 2.